The Morgan fingerprint density at radius 2 is 1.18 bits per heavy atom. The van der Waals surface area contributed by atoms with Crippen molar-refractivity contribution in [3.8, 4) is 17.4 Å². The Kier molecular flexibility index (Phi) is 20.2. The number of anilines is 2. The lowest BCUT2D eigenvalue weighted by molar-refractivity contribution is 0.0276. The smallest absolute Gasteiger partial charge is 0.276 e. The minimum atomic E-state index is -0.439. The summed E-state index contributed by atoms with van der Waals surface area (Å²) in [6.07, 6.45) is 14.1. The number of nitriles is 1. The molecule has 0 bridgehead atoms. The number of halogens is 3. The van der Waals surface area contributed by atoms with Gasteiger partial charge in [0, 0.05) is 38.6 Å². The van der Waals surface area contributed by atoms with Crippen LogP contribution in [0, 0.1) is 23.0 Å². The van der Waals surface area contributed by atoms with E-state index in [2.05, 4.69) is 44.5 Å². The summed E-state index contributed by atoms with van der Waals surface area (Å²) in [4.78, 5) is 25.1. The van der Waals surface area contributed by atoms with Gasteiger partial charge in [-0.25, -0.2) is 18.1 Å². The highest BCUT2D eigenvalue weighted by molar-refractivity contribution is 6.34. The third-order valence-electron chi connectivity index (χ3n) is 11.1. The van der Waals surface area contributed by atoms with Crippen LogP contribution in [0.3, 0.4) is 0 Å². The first-order valence-corrected chi connectivity index (χ1v) is 23.5. The molecule has 2 aliphatic rings. The molecule has 2 fully saturated rings. The van der Waals surface area contributed by atoms with E-state index >= 15 is 0 Å². The van der Waals surface area contributed by atoms with Crippen LogP contribution in [0.15, 0.2) is 109 Å². The molecule has 0 radical (unpaired) electrons. The Morgan fingerprint density at radius 1 is 0.706 bits per heavy atom. The van der Waals surface area contributed by atoms with Gasteiger partial charge in [-0.05, 0) is 109 Å². The first kappa shape index (κ1) is 51.1. The molecule has 4 aromatic carbocycles. The van der Waals surface area contributed by atoms with Gasteiger partial charge in [0.1, 0.15) is 17.7 Å². The number of nitrogens with zero attached hydrogens (tertiary/aromatic N) is 5. The van der Waals surface area contributed by atoms with E-state index < -0.39 is 5.91 Å². The quantitative estimate of drug-likeness (QED) is 0.0586. The van der Waals surface area contributed by atoms with Crippen molar-refractivity contribution >= 4 is 34.8 Å². The number of nitrogens with one attached hydrogen (secondary N) is 4. The second kappa shape index (κ2) is 26.9. The lowest BCUT2D eigenvalue weighted by atomic mass is 10.0. The number of morpholine rings is 2. The van der Waals surface area contributed by atoms with Gasteiger partial charge < -0.3 is 36.5 Å². The van der Waals surface area contributed by atoms with Crippen LogP contribution in [-0.2, 0) is 9.47 Å². The summed E-state index contributed by atoms with van der Waals surface area (Å²) in [6, 6.07) is 27.6. The van der Waals surface area contributed by atoms with Gasteiger partial charge in [0.2, 0.25) is 0 Å². The van der Waals surface area contributed by atoms with Crippen LogP contribution in [-0.4, -0.2) is 77.3 Å². The number of carbonyl (C=O) groups is 2. The summed E-state index contributed by atoms with van der Waals surface area (Å²) in [5, 5.41) is 30.4. The highest BCUT2D eigenvalue weighted by atomic mass is 35.5. The second-order valence-electron chi connectivity index (χ2n) is 16.2. The van der Waals surface area contributed by atoms with E-state index in [0.29, 0.717) is 53.1 Å². The molecule has 0 spiro atoms. The van der Waals surface area contributed by atoms with Gasteiger partial charge in [0.25, 0.3) is 11.8 Å². The Balaban J connectivity index is 0.000000185. The van der Waals surface area contributed by atoms with Crippen molar-refractivity contribution in [1.82, 2.24) is 30.2 Å². The van der Waals surface area contributed by atoms with Crippen molar-refractivity contribution in [3.63, 3.8) is 0 Å². The van der Waals surface area contributed by atoms with Crippen molar-refractivity contribution in [2.45, 2.75) is 70.5 Å². The fourth-order valence-electron chi connectivity index (χ4n) is 7.37. The minimum Gasteiger partial charge on any atom is -0.371 e. The third kappa shape index (κ3) is 15.4. The zero-order chi connectivity index (χ0) is 48.1. The number of hydrogen-bond acceptors (Lipinski definition) is 10. The van der Waals surface area contributed by atoms with Crippen LogP contribution in [0.2, 0.25) is 5.02 Å². The highest BCUT2D eigenvalue weighted by Gasteiger charge is 2.20. The number of rotatable bonds is 16. The van der Waals surface area contributed by atoms with Gasteiger partial charge in [0.05, 0.1) is 58.8 Å². The topological polar surface area (TPSA) is 186 Å². The summed E-state index contributed by atoms with van der Waals surface area (Å²) in [5.41, 5.74) is 10.2. The molecule has 6 N–H and O–H groups in total. The van der Waals surface area contributed by atoms with Gasteiger partial charge in [0.15, 0.2) is 11.4 Å². The Bertz CT molecular complexity index is 2540. The fourth-order valence-corrected chi connectivity index (χ4v) is 7.61. The van der Waals surface area contributed by atoms with E-state index in [1.807, 2.05) is 12.1 Å². The molecular formula is C51H59ClF2N10O4. The molecule has 68 heavy (non-hydrogen) atoms. The molecule has 0 aliphatic carbocycles. The maximum absolute atomic E-state index is 13.1. The largest absolute Gasteiger partial charge is 0.371 e. The zero-order valence-electron chi connectivity index (χ0n) is 38.2. The molecule has 358 valence electrons. The summed E-state index contributed by atoms with van der Waals surface area (Å²) < 4.78 is 40.5. The monoisotopic (exact) mass is 948 g/mol. The van der Waals surface area contributed by atoms with Gasteiger partial charge in [-0.15, -0.1) is 0 Å². The second-order valence-corrected chi connectivity index (χ2v) is 16.6. The average molecular weight is 950 g/mol. The molecule has 8 rings (SSSR count). The Morgan fingerprint density at radius 3 is 1.63 bits per heavy atom. The third-order valence-corrected chi connectivity index (χ3v) is 11.4. The predicted octanol–water partition coefficient (Wildman–Crippen LogP) is 9.46. The summed E-state index contributed by atoms with van der Waals surface area (Å²) in [5.74, 6) is -1.50. The van der Waals surface area contributed by atoms with Gasteiger partial charge in [-0.1, -0.05) is 75.6 Å². The number of amides is 2. The van der Waals surface area contributed by atoms with Gasteiger partial charge >= 0.3 is 0 Å². The normalized spacial score (nSPS) is 15.5. The average Bonchev–Trinajstić information content (AvgIpc) is 4.08. The van der Waals surface area contributed by atoms with Crippen molar-refractivity contribution in [2.24, 2.45) is 5.73 Å². The van der Waals surface area contributed by atoms with E-state index in [1.165, 1.54) is 85.0 Å². The number of nitrogens with two attached hydrogens (primary N) is 1. The van der Waals surface area contributed by atoms with Gasteiger partial charge in [-0.2, -0.15) is 15.5 Å². The van der Waals surface area contributed by atoms with Crippen molar-refractivity contribution < 1.29 is 27.8 Å². The van der Waals surface area contributed by atoms with Crippen LogP contribution in [0.1, 0.15) is 108 Å². The fraction of sp³-hybridized carbons (Fsp3) is 0.353. The van der Waals surface area contributed by atoms with Crippen LogP contribution in [0.4, 0.5) is 20.2 Å². The number of ether oxygens (including phenoxy) is 2. The molecule has 1 unspecified atom stereocenters. The molecular weight excluding hydrogens is 890 g/mol. The molecule has 2 saturated heterocycles. The Labute approximate surface area is 401 Å². The molecule has 4 heterocycles. The highest BCUT2D eigenvalue weighted by Crippen LogP contribution is 2.29. The van der Waals surface area contributed by atoms with E-state index in [1.54, 1.807) is 73.1 Å². The molecule has 14 nitrogen and oxygen atoms in total. The van der Waals surface area contributed by atoms with Gasteiger partial charge in [-0.3, -0.25) is 9.59 Å². The van der Waals surface area contributed by atoms with Crippen LogP contribution in [0.25, 0.3) is 11.4 Å². The summed E-state index contributed by atoms with van der Waals surface area (Å²) in [6.45, 7) is 7.44. The molecule has 2 atom stereocenters. The molecule has 0 saturated carbocycles. The molecule has 2 aromatic heterocycles. The minimum absolute atomic E-state index is 0.0533. The molecule has 17 heteroatoms. The molecule has 2 aliphatic heterocycles. The standard InChI is InChI=1S/C21H18FN5O2.C20H18ClFN4O2.C10H23N/c22-16-2-4-17(5-3-16)27-9-7-19(26-27)21(28)25-18-6-1-14(11-15(18)12-23)20-13-24-8-10-29-20;21-16-11-13(19-12-23-8-10-28-19)1-6-17(16)24-20(27)18-7-9-26(25-18)15-4-2-14(22)3-5-15;1-2-3-4-5-6-7-8-9-10-11/h1-7,9,11,20,24H,8,10,13H2,(H,25,28);1-7,9,11,19,23H,8,10,12H2,(H,24,27);2-11H2,1H3/t;19-;/m.1./s1. The van der Waals surface area contributed by atoms with Crippen molar-refractivity contribution in [1.29, 1.82) is 5.26 Å². The lowest BCUT2D eigenvalue weighted by Crippen LogP contribution is -2.33. The van der Waals surface area contributed by atoms with E-state index in [4.69, 9.17) is 26.8 Å². The number of aromatic nitrogens is 4. The van der Waals surface area contributed by atoms with Crippen LogP contribution >= 0.6 is 11.6 Å². The number of unbranched alkanes of at least 4 members (excludes halogenated alkanes) is 7. The van der Waals surface area contributed by atoms with Crippen molar-refractivity contribution in [3.05, 3.63) is 154 Å². The maximum atomic E-state index is 13.1. The van der Waals surface area contributed by atoms with Crippen molar-refractivity contribution in [2.75, 3.05) is 56.6 Å². The van der Waals surface area contributed by atoms with E-state index in [0.717, 1.165) is 37.3 Å². The first-order valence-electron chi connectivity index (χ1n) is 23.1. The van der Waals surface area contributed by atoms with Crippen LogP contribution < -0.4 is 27.0 Å². The van der Waals surface area contributed by atoms with E-state index in [-0.39, 0.29) is 41.1 Å². The summed E-state index contributed by atoms with van der Waals surface area (Å²) in [7, 11) is 0. The number of benzene rings is 4. The summed E-state index contributed by atoms with van der Waals surface area (Å²) >= 11 is 6.34. The maximum Gasteiger partial charge on any atom is 0.276 e. The number of hydrogen-bond donors (Lipinski definition) is 5. The Hall–Kier alpha value is -6.32. The lowest BCUT2D eigenvalue weighted by Gasteiger charge is -2.24. The predicted molar refractivity (Wildman–Crippen MR) is 260 cm³/mol. The molecule has 2 amide bonds. The van der Waals surface area contributed by atoms with E-state index in [9.17, 15) is 23.6 Å². The first-order chi connectivity index (χ1) is 33.1. The van der Waals surface area contributed by atoms with Crippen LogP contribution in [0.5, 0.6) is 0 Å². The SMILES string of the molecule is CCCCCCCCCCN.N#Cc1cc(C2CNCCO2)ccc1NC(=O)c1ccn(-c2ccc(F)cc2)n1.O=C(Nc1ccc([C@H]2CNCCO2)cc1Cl)c1ccn(-c2ccc(F)cc2)n1. The molecule has 6 aromatic rings. The number of carbonyl (C=O) groups excluding carboxylic acids is 2. The zero-order valence-corrected chi connectivity index (χ0v) is 39.0.